The molecule has 0 aromatic carbocycles. The number of fused-ring (bicyclic) bond motifs is 2. The number of carbonyl (C=O) groups is 1. The lowest BCUT2D eigenvalue weighted by Crippen LogP contribution is -2.41. The zero-order valence-corrected chi connectivity index (χ0v) is 15.6. The van der Waals surface area contributed by atoms with Crippen LogP contribution in [0.25, 0.3) is 0 Å². The van der Waals surface area contributed by atoms with Crippen LogP contribution in [0.3, 0.4) is 0 Å². The quantitative estimate of drug-likeness (QED) is 0.842. The summed E-state index contributed by atoms with van der Waals surface area (Å²) in [6.45, 7) is 3.87. The largest absolute Gasteiger partial charge is 0.338 e. The first kappa shape index (κ1) is 16.7. The Morgan fingerprint density at radius 1 is 1.40 bits per heavy atom. The fourth-order valence-corrected chi connectivity index (χ4v) is 5.64. The number of aromatic nitrogens is 2. The lowest BCUT2D eigenvalue weighted by Gasteiger charge is -2.32. The number of imidazole rings is 1. The summed E-state index contributed by atoms with van der Waals surface area (Å²) in [5, 5.41) is 5.22. The summed E-state index contributed by atoms with van der Waals surface area (Å²) >= 11 is 1.22. The van der Waals surface area contributed by atoms with E-state index in [0.29, 0.717) is 25.9 Å². The lowest BCUT2D eigenvalue weighted by molar-refractivity contribution is -0.137. The number of nitrogens with zero attached hydrogens (tertiary/aromatic N) is 3. The number of thiophene rings is 1. The summed E-state index contributed by atoms with van der Waals surface area (Å²) in [4.78, 5) is 20.3. The van der Waals surface area contributed by atoms with Crippen LogP contribution in [0, 0.1) is 12.8 Å². The van der Waals surface area contributed by atoms with E-state index in [-0.39, 0.29) is 16.0 Å². The van der Waals surface area contributed by atoms with Gasteiger partial charge in [-0.1, -0.05) is 0 Å². The smallest absolute Gasteiger partial charge is 0.247 e. The fraction of sp³-hybridized carbons (Fsp3) is 0.500. The van der Waals surface area contributed by atoms with E-state index < -0.39 is 10.0 Å². The minimum absolute atomic E-state index is 0.0489. The molecule has 7 nitrogen and oxygen atoms in total. The zero-order valence-electron chi connectivity index (χ0n) is 13.9. The van der Waals surface area contributed by atoms with Crippen molar-refractivity contribution in [2.45, 2.75) is 43.5 Å². The van der Waals surface area contributed by atoms with Gasteiger partial charge in [0.05, 0.1) is 5.69 Å². The molecule has 4 heterocycles. The molecule has 2 aliphatic rings. The van der Waals surface area contributed by atoms with Gasteiger partial charge in [0, 0.05) is 43.0 Å². The predicted octanol–water partition coefficient (Wildman–Crippen LogP) is 1.05. The Morgan fingerprint density at radius 2 is 2.20 bits per heavy atom. The Balaban J connectivity index is 1.50. The first-order valence-electron chi connectivity index (χ1n) is 8.27. The number of carbonyl (C=O) groups excluding carboxylic acids is 1. The number of aryl methyl sites for hydroxylation is 2. The number of sulfonamides is 1. The second-order valence-electron chi connectivity index (χ2n) is 6.75. The van der Waals surface area contributed by atoms with E-state index in [2.05, 4.69) is 9.55 Å². The Bertz CT molecular complexity index is 945. The second kappa shape index (κ2) is 5.93. The van der Waals surface area contributed by atoms with Crippen molar-refractivity contribution < 1.29 is 13.2 Å². The van der Waals surface area contributed by atoms with E-state index >= 15 is 0 Å². The molecule has 2 aromatic rings. The van der Waals surface area contributed by atoms with Gasteiger partial charge < -0.3 is 9.47 Å². The van der Waals surface area contributed by atoms with Crippen molar-refractivity contribution in [1.82, 2.24) is 14.5 Å². The topological polar surface area (TPSA) is 98.3 Å². The van der Waals surface area contributed by atoms with Gasteiger partial charge in [-0.3, -0.25) is 4.79 Å². The lowest BCUT2D eigenvalue weighted by atomic mass is 9.95. The van der Waals surface area contributed by atoms with Gasteiger partial charge in [-0.05, 0) is 31.4 Å². The second-order valence-corrected chi connectivity index (χ2v) is 9.68. The van der Waals surface area contributed by atoms with E-state index in [1.807, 2.05) is 18.0 Å². The molecule has 134 valence electrons. The van der Waals surface area contributed by atoms with Crippen LogP contribution < -0.4 is 5.14 Å². The van der Waals surface area contributed by atoms with Crippen molar-refractivity contribution in [2.75, 3.05) is 6.54 Å². The molecule has 2 aromatic heterocycles. The molecular weight excluding hydrogens is 360 g/mol. The van der Waals surface area contributed by atoms with Gasteiger partial charge in [0.1, 0.15) is 10.0 Å². The molecular formula is C16H20N4O3S2. The minimum atomic E-state index is -3.68. The number of hydrogen-bond acceptors (Lipinski definition) is 5. The van der Waals surface area contributed by atoms with Crippen molar-refractivity contribution >= 4 is 27.3 Å². The van der Waals surface area contributed by atoms with Gasteiger partial charge in [0.15, 0.2) is 0 Å². The van der Waals surface area contributed by atoms with E-state index in [1.165, 1.54) is 11.3 Å². The van der Waals surface area contributed by atoms with Gasteiger partial charge in [-0.2, -0.15) is 0 Å². The Hall–Kier alpha value is -1.71. The van der Waals surface area contributed by atoms with E-state index in [4.69, 9.17) is 5.14 Å². The molecule has 0 saturated carbocycles. The summed E-state index contributed by atoms with van der Waals surface area (Å²) in [6.07, 6.45) is 4.20. The Kier molecular flexibility index (Phi) is 3.97. The third-order valence-electron chi connectivity index (χ3n) is 4.91. The number of amides is 1. The first-order chi connectivity index (χ1) is 11.8. The van der Waals surface area contributed by atoms with Gasteiger partial charge in [-0.25, -0.2) is 18.5 Å². The van der Waals surface area contributed by atoms with Crippen LogP contribution in [0.1, 0.15) is 28.4 Å². The van der Waals surface area contributed by atoms with Gasteiger partial charge >= 0.3 is 0 Å². The average molecular weight is 380 g/mol. The molecule has 1 unspecified atom stereocenters. The van der Waals surface area contributed by atoms with Crippen LogP contribution in [-0.2, 0) is 40.7 Å². The van der Waals surface area contributed by atoms with E-state index in [9.17, 15) is 13.2 Å². The fourth-order valence-electron chi connectivity index (χ4n) is 3.67. The third kappa shape index (κ3) is 3.11. The highest BCUT2D eigenvalue weighted by Crippen LogP contribution is 2.32. The highest BCUT2D eigenvalue weighted by molar-refractivity contribution is 7.91. The van der Waals surface area contributed by atoms with Crippen molar-refractivity contribution in [3.8, 4) is 0 Å². The summed E-state index contributed by atoms with van der Waals surface area (Å²) < 4.78 is 25.4. The van der Waals surface area contributed by atoms with Crippen molar-refractivity contribution in [2.24, 2.45) is 11.1 Å². The van der Waals surface area contributed by atoms with Crippen LogP contribution in [-0.4, -0.2) is 35.3 Å². The predicted molar refractivity (Wildman–Crippen MR) is 93.6 cm³/mol. The summed E-state index contributed by atoms with van der Waals surface area (Å²) in [6, 6.07) is 1.62. The minimum Gasteiger partial charge on any atom is -0.338 e. The van der Waals surface area contributed by atoms with E-state index in [1.54, 1.807) is 6.07 Å². The maximum atomic E-state index is 12.9. The first-order valence-corrected chi connectivity index (χ1v) is 10.6. The van der Waals surface area contributed by atoms with Crippen molar-refractivity contribution in [1.29, 1.82) is 0 Å². The van der Waals surface area contributed by atoms with Crippen LogP contribution in [0.2, 0.25) is 0 Å². The standard InChI is InChI=1S/C16H20N4O3S2/c1-10-8-19-4-2-11(6-14(19)18-10)16(21)20-5-3-13-12(9-20)7-15(24-13)25(17,22)23/h7-8,11H,2-6,9H2,1H3,(H2,17,22,23). The highest BCUT2D eigenvalue weighted by Gasteiger charge is 2.32. The molecule has 0 fully saturated rings. The normalized spacial score (nSPS) is 20.2. The number of nitrogens with two attached hydrogens (primary N) is 1. The van der Waals surface area contributed by atoms with Crippen molar-refractivity contribution in [3.05, 3.63) is 34.2 Å². The summed E-state index contributed by atoms with van der Waals surface area (Å²) in [5.74, 6) is 1.07. The molecule has 4 rings (SSSR count). The molecule has 1 amide bonds. The molecule has 25 heavy (non-hydrogen) atoms. The van der Waals surface area contributed by atoms with Crippen molar-refractivity contribution in [3.63, 3.8) is 0 Å². The molecule has 0 spiro atoms. The third-order valence-corrected chi connectivity index (χ3v) is 7.57. The summed E-state index contributed by atoms with van der Waals surface area (Å²) in [5.41, 5.74) is 1.89. The molecule has 2 aliphatic heterocycles. The van der Waals surface area contributed by atoms with Gasteiger partial charge in [-0.15, -0.1) is 11.3 Å². The molecule has 2 N–H and O–H groups in total. The number of primary sulfonamides is 1. The Morgan fingerprint density at radius 3 is 2.96 bits per heavy atom. The molecule has 1 atom stereocenters. The Labute approximate surface area is 150 Å². The maximum absolute atomic E-state index is 12.9. The van der Waals surface area contributed by atoms with Crippen LogP contribution in [0.5, 0.6) is 0 Å². The van der Waals surface area contributed by atoms with Crippen LogP contribution >= 0.6 is 11.3 Å². The van der Waals surface area contributed by atoms with Gasteiger partial charge in [0.25, 0.3) is 0 Å². The molecule has 9 heteroatoms. The van der Waals surface area contributed by atoms with E-state index in [0.717, 1.165) is 34.9 Å². The number of hydrogen-bond donors (Lipinski definition) is 1. The zero-order chi connectivity index (χ0) is 17.8. The molecule has 0 radical (unpaired) electrons. The highest BCUT2D eigenvalue weighted by atomic mass is 32.2. The number of rotatable bonds is 2. The molecule has 0 aliphatic carbocycles. The monoisotopic (exact) mass is 380 g/mol. The van der Waals surface area contributed by atoms with Crippen LogP contribution in [0.4, 0.5) is 0 Å². The van der Waals surface area contributed by atoms with Gasteiger partial charge in [0.2, 0.25) is 15.9 Å². The molecule has 0 bridgehead atoms. The summed E-state index contributed by atoms with van der Waals surface area (Å²) in [7, 11) is -3.68. The van der Waals surface area contributed by atoms with Crippen LogP contribution in [0.15, 0.2) is 16.5 Å². The SMILES string of the molecule is Cc1cn2c(n1)CC(C(=O)N1CCc3sc(S(N)(=O)=O)cc3C1)CC2. The maximum Gasteiger partial charge on any atom is 0.247 e. The molecule has 0 saturated heterocycles. The average Bonchev–Trinajstić information content (AvgIpc) is 3.14.